The second-order valence-electron chi connectivity index (χ2n) is 7.26. The summed E-state index contributed by atoms with van der Waals surface area (Å²) < 4.78 is 39.6. The molecule has 7 nitrogen and oxygen atoms in total. The van der Waals surface area contributed by atoms with Crippen molar-refractivity contribution in [1.82, 2.24) is 14.9 Å². The number of aromatic nitrogens is 2. The Morgan fingerprint density at radius 2 is 2.00 bits per heavy atom. The zero-order chi connectivity index (χ0) is 18.4. The molecule has 2 aromatic rings. The van der Waals surface area contributed by atoms with Crippen LogP contribution < -0.4 is 9.46 Å². The van der Waals surface area contributed by atoms with Crippen LogP contribution in [0.3, 0.4) is 0 Å². The summed E-state index contributed by atoms with van der Waals surface area (Å²) in [6.45, 7) is 1.82. The zero-order valence-corrected chi connectivity index (χ0v) is 15.8. The molecule has 0 atom stereocenters. The molecule has 0 radical (unpaired) electrons. The fourth-order valence-corrected chi connectivity index (χ4v) is 5.12. The average molecular weight is 377 g/mol. The van der Waals surface area contributed by atoms with Crippen LogP contribution in [-0.4, -0.2) is 25.7 Å². The lowest BCUT2D eigenvalue weighted by atomic mass is 9.98. The Hall–Kier alpha value is -1.93. The van der Waals surface area contributed by atoms with Crippen molar-refractivity contribution in [1.29, 1.82) is 0 Å². The van der Waals surface area contributed by atoms with Crippen molar-refractivity contribution in [2.75, 3.05) is 7.11 Å². The molecule has 2 aliphatic rings. The highest BCUT2D eigenvalue weighted by Gasteiger charge is 2.44. The van der Waals surface area contributed by atoms with Crippen LogP contribution in [0.5, 0.6) is 5.75 Å². The molecule has 0 bridgehead atoms. The standard InChI is InChI=1S/C18H23N3O4S/c1-12-11-14(7-8-15(12)24-2)26(22,23)21-18(9-3-4-10-18)17-19-16(25-20-17)13-5-6-13/h7-8,11,13,21H,3-6,9-10H2,1-2H3. The summed E-state index contributed by atoms with van der Waals surface area (Å²) in [5, 5.41) is 4.12. The minimum atomic E-state index is -3.72. The molecule has 0 unspecified atom stereocenters. The molecule has 1 aromatic carbocycles. The summed E-state index contributed by atoms with van der Waals surface area (Å²) in [6, 6.07) is 4.85. The number of aryl methyl sites for hydroxylation is 1. The molecule has 2 fully saturated rings. The second-order valence-corrected chi connectivity index (χ2v) is 8.94. The van der Waals surface area contributed by atoms with E-state index >= 15 is 0 Å². The molecule has 2 aliphatic carbocycles. The molecule has 0 amide bonds. The van der Waals surface area contributed by atoms with Crippen molar-refractivity contribution in [3.63, 3.8) is 0 Å². The van der Waals surface area contributed by atoms with Crippen LogP contribution in [0.1, 0.15) is 61.7 Å². The highest BCUT2D eigenvalue weighted by molar-refractivity contribution is 7.89. The minimum absolute atomic E-state index is 0.216. The summed E-state index contributed by atoms with van der Waals surface area (Å²) in [6.07, 6.45) is 5.32. The van der Waals surface area contributed by atoms with Crippen LogP contribution in [0, 0.1) is 6.92 Å². The van der Waals surface area contributed by atoms with Crippen LogP contribution >= 0.6 is 0 Å². The Bertz CT molecular complexity index is 912. The van der Waals surface area contributed by atoms with Gasteiger partial charge in [-0.15, -0.1) is 0 Å². The number of hydrogen-bond donors (Lipinski definition) is 1. The van der Waals surface area contributed by atoms with E-state index in [1.54, 1.807) is 25.3 Å². The van der Waals surface area contributed by atoms with E-state index < -0.39 is 15.6 Å². The third-order valence-corrected chi connectivity index (χ3v) is 6.79. The van der Waals surface area contributed by atoms with Gasteiger partial charge in [0.15, 0.2) is 5.82 Å². The Morgan fingerprint density at radius 1 is 1.27 bits per heavy atom. The fourth-order valence-electron chi connectivity index (χ4n) is 3.61. The molecule has 140 valence electrons. The van der Waals surface area contributed by atoms with Gasteiger partial charge in [-0.1, -0.05) is 18.0 Å². The predicted molar refractivity (Wildman–Crippen MR) is 94.5 cm³/mol. The first kappa shape index (κ1) is 17.5. The summed E-state index contributed by atoms with van der Waals surface area (Å²) >= 11 is 0. The number of nitrogens with zero attached hydrogens (tertiary/aromatic N) is 2. The van der Waals surface area contributed by atoms with Gasteiger partial charge in [0.2, 0.25) is 15.9 Å². The van der Waals surface area contributed by atoms with Gasteiger partial charge in [0.25, 0.3) is 0 Å². The van der Waals surface area contributed by atoms with Crippen molar-refractivity contribution in [3.05, 3.63) is 35.5 Å². The van der Waals surface area contributed by atoms with Crippen LogP contribution in [0.25, 0.3) is 0 Å². The van der Waals surface area contributed by atoms with Crippen LogP contribution in [-0.2, 0) is 15.6 Å². The number of hydrogen-bond acceptors (Lipinski definition) is 6. The lowest BCUT2D eigenvalue weighted by Crippen LogP contribution is -2.44. The van der Waals surface area contributed by atoms with E-state index in [-0.39, 0.29) is 4.90 Å². The van der Waals surface area contributed by atoms with Gasteiger partial charge in [-0.05, 0) is 56.4 Å². The Kier molecular flexibility index (Phi) is 4.27. The molecule has 8 heteroatoms. The normalized spacial score (nSPS) is 19.6. The molecule has 2 saturated carbocycles. The molecule has 4 rings (SSSR count). The van der Waals surface area contributed by atoms with E-state index in [0.29, 0.717) is 36.2 Å². The highest BCUT2D eigenvalue weighted by atomic mass is 32.2. The molecule has 0 saturated heterocycles. The lowest BCUT2D eigenvalue weighted by molar-refractivity contribution is 0.333. The van der Waals surface area contributed by atoms with Gasteiger partial charge in [0, 0.05) is 5.92 Å². The minimum Gasteiger partial charge on any atom is -0.496 e. The molecular weight excluding hydrogens is 354 g/mol. The molecular formula is C18H23N3O4S. The van der Waals surface area contributed by atoms with Gasteiger partial charge < -0.3 is 9.26 Å². The lowest BCUT2D eigenvalue weighted by Gasteiger charge is -2.26. The first-order chi connectivity index (χ1) is 12.4. The maximum atomic E-state index is 13.0. The van der Waals surface area contributed by atoms with Crippen molar-refractivity contribution in [2.24, 2.45) is 0 Å². The monoisotopic (exact) mass is 377 g/mol. The maximum Gasteiger partial charge on any atom is 0.241 e. The van der Waals surface area contributed by atoms with Crippen molar-refractivity contribution in [3.8, 4) is 5.75 Å². The predicted octanol–water partition coefficient (Wildman–Crippen LogP) is 3.01. The number of benzene rings is 1. The first-order valence-electron chi connectivity index (χ1n) is 8.96. The van der Waals surface area contributed by atoms with E-state index in [1.807, 2.05) is 6.92 Å². The second kappa shape index (κ2) is 6.35. The molecule has 1 heterocycles. The maximum absolute atomic E-state index is 13.0. The third kappa shape index (κ3) is 3.12. The Labute approximate surface area is 153 Å². The van der Waals surface area contributed by atoms with Crippen molar-refractivity contribution < 1.29 is 17.7 Å². The van der Waals surface area contributed by atoms with Crippen molar-refractivity contribution >= 4 is 10.0 Å². The van der Waals surface area contributed by atoms with E-state index in [4.69, 9.17) is 9.26 Å². The van der Waals surface area contributed by atoms with Crippen LogP contribution in [0.4, 0.5) is 0 Å². The largest absolute Gasteiger partial charge is 0.496 e. The van der Waals surface area contributed by atoms with Crippen LogP contribution in [0.2, 0.25) is 0 Å². The SMILES string of the molecule is COc1ccc(S(=O)(=O)NC2(c3noc(C4CC4)n3)CCCC2)cc1C. The number of ether oxygens (including phenoxy) is 1. The zero-order valence-electron chi connectivity index (χ0n) is 15.0. The molecule has 26 heavy (non-hydrogen) atoms. The van der Waals surface area contributed by atoms with Gasteiger partial charge in [-0.2, -0.15) is 9.71 Å². The van der Waals surface area contributed by atoms with Gasteiger partial charge in [-0.25, -0.2) is 8.42 Å². The number of nitrogens with one attached hydrogen (secondary N) is 1. The Morgan fingerprint density at radius 3 is 2.62 bits per heavy atom. The number of rotatable bonds is 6. The fraction of sp³-hybridized carbons (Fsp3) is 0.556. The average Bonchev–Trinajstić information content (AvgIpc) is 3.15. The van der Waals surface area contributed by atoms with E-state index in [9.17, 15) is 8.42 Å². The summed E-state index contributed by atoms with van der Waals surface area (Å²) in [4.78, 5) is 4.74. The smallest absolute Gasteiger partial charge is 0.241 e. The third-order valence-electron chi connectivity index (χ3n) is 5.26. The van der Waals surface area contributed by atoms with E-state index in [0.717, 1.165) is 31.2 Å². The topological polar surface area (TPSA) is 94.3 Å². The first-order valence-corrected chi connectivity index (χ1v) is 10.4. The van der Waals surface area contributed by atoms with Gasteiger partial charge in [0.05, 0.1) is 17.5 Å². The van der Waals surface area contributed by atoms with Gasteiger partial charge in [-0.3, -0.25) is 0 Å². The number of sulfonamides is 1. The molecule has 1 aromatic heterocycles. The quantitative estimate of drug-likeness (QED) is 0.831. The molecule has 0 spiro atoms. The Balaban J connectivity index is 1.65. The van der Waals surface area contributed by atoms with Crippen LogP contribution in [0.15, 0.2) is 27.6 Å². The van der Waals surface area contributed by atoms with E-state index in [2.05, 4.69) is 14.9 Å². The van der Waals surface area contributed by atoms with Crippen molar-refractivity contribution in [2.45, 2.75) is 61.8 Å². The van der Waals surface area contributed by atoms with Gasteiger partial charge >= 0.3 is 0 Å². The molecule has 1 N–H and O–H groups in total. The summed E-state index contributed by atoms with van der Waals surface area (Å²) in [5.74, 6) is 2.10. The molecule has 0 aliphatic heterocycles. The van der Waals surface area contributed by atoms with Gasteiger partial charge in [0.1, 0.15) is 5.75 Å². The number of methoxy groups -OCH3 is 1. The summed E-state index contributed by atoms with van der Waals surface area (Å²) in [7, 11) is -2.15. The highest BCUT2D eigenvalue weighted by Crippen LogP contribution is 2.42. The van der Waals surface area contributed by atoms with E-state index in [1.165, 1.54) is 0 Å². The summed E-state index contributed by atoms with van der Waals surface area (Å²) in [5.41, 5.74) is -0.0185.